The number of alkyl halides is 3. The minimum atomic E-state index is -4.53. The molecule has 1 aromatic carbocycles. The molecule has 0 amide bonds. The van der Waals surface area contributed by atoms with E-state index in [9.17, 15) is 18.3 Å². The predicted octanol–water partition coefficient (Wildman–Crippen LogP) is 3.55. The molecule has 4 heterocycles. The van der Waals surface area contributed by atoms with Gasteiger partial charge in [0, 0.05) is 24.2 Å². The molecule has 0 aliphatic carbocycles. The Balaban J connectivity index is 1.48. The molecule has 2 N–H and O–H groups in total. The third kappa shape index (κ3) is 3.24. The van der Waals surface area contributed by atoms with Crippen molar-refractivity contribution in [1.82, 2.24) is 24.7 Å². The van der Waals surface area contributed by atoms with Crippen LogP contribution in [0.4, 0.5) is 19.1 Å². The largest absolute Gasteiger partial charge is 0.507 e. The van der Waals surface area contributed by atoms with Gasteiger partial charge in [0.15, 0.2) is 0 Å². The molecular weight excluding hydrogens is 397 g/mol. The zero-order chi connectivity index (χ0) is 20.9. The number of nitrogens with one attached hydrogen (secondary N) is 1. The second-order valence-corrected chi connectivity index (χ2v) is 7.87. The summed E-state index contributed by atoms with van der Waals surface area (Å²) in [5.41, 5.74) is 0.0840. The van der Waals surface area contributed by atoms with Gasteiger partial charge in [-0.25, -0.2) is 0 Å². The Bertz CT molecular complexity index is 1080. The molecular formula is C20H21F3N6O. The highest BCUT2D eigenvalue weighted by Crippen LogP contribution is 2.37. The zero-order valence-electron chi connectivity index (χ0n) is 16.1. The number of nitrogens with zero attached hydrogens (tertiary/aromatic N) is 5. The van der Waals surface area contributed by atoms with E-state index in [1.165, 1.54) is 18.9 Å². The van der Waals surface area contributed by atoms with E-state index < -0.39 is 17.5 Å². The Morgan fingerprint density at radius 3 is 2.73 bits per heavy atom. The topological polar surface area (TPSA) is 78.6 Å². The van der Waals surface area contributed by atoms with Crippen LogP contribution >= 0.6 is 0 Å². The average Bonchev–Trinajstić information content (AvgIpc) is 3.36. The van der Waals surface area contributed by atoms with Gasteiger partial charge in [-0.15, -0.1) is 10.2 Å². The summed E-state index contributed by atoms with van der Waals surface area (Å²) < 4.78 is 40.3. The summed E-state index contributed by atoms with van der Waals surface area (Å²) in [4.78, 5) is 2.50. The Kier molecular flexibility index (Phi) is 4.53. The summed E-state index contributed by atoms with van der Waals surface area (Å²) in [5, 5.41) is 26.5. The van der Waals surface area contributed by atoms with Crippen molar-refractivity contribution in [3.63, 3.8) is 0 Å². The van der Waals surface area contributed by atoms with Crippen LogP contribution < -0.4 is 5.32 Å². The molecule has 158 valence electrons. The normalized spacial score (nSPS) is 22.4. The summed E-state index contributed by atoms with van der Waals surface area (Å²) >= 11 is 0. The highest BCUT2D eigenvalue weighted by atomic mass is 19.4. The minimum absolute atomic E-state index is 0.173. The maximum Gasteiger partial charge on any atom is 0.416 e. The maximum absolute atomic E-state index is 12.9. The molecule has 10 heteroatoms. The van der Waals surface area contributed by atoms with Crippen molar-refractivity contribution in [2.75, 3.05) is 18.4 Å². The Hall–Kier alpha value is -2.88. The van der Waals surface area contributed by atoms with Gasteiger partial charge in [-0.05, 0) is 50.1 Å². The molecule has 2 fully saturated rings. The lowest BCUT2D eigenvalue weighted by molar-refractivity contribution is -0.137. The molecule has 2 saturated heterocycles. The fourth-order valence-electron chi connectivity index (χ4n) is 4.61. The summed E-state index contributed by atoms with van der Waals surface area (Å²) in [7, 11) is 0. The Labute approximate surface area is 170 Å². The number of hydrogen-bond donors (Lipinski definition) is 2. The molecule has 0 spiro atoms. The van der Waals surface area contributed by atoms with Gasteiger partial charge in [0.25, 0.3) is 0 Å². The van der Waals surface area contributed by atoms with Crippen LogP contribution in [-0.4, -0.2) is 55.0 Å². The van der Waals surface area contributed by atoms with Gasteiger partial charge < -0.3 is 10.4 Å². The van der Waals surface area contributed by atoms with Crippen molar-refractivity contribution >= 4 is 11.5 Å². The first-order chi connectivity index (χ1) is 14.4. The van der Waals surface area contributed by atoms with E-state index in [4.69, 9.17) is 0 Å². The molecule has 0 saturated carbocycles. The third-order valence-corrected chi connectivity index (χ3v) is 6.08. The van der Waals surface area contributed by atoms with Crippen molar-refractivity contribution in [2.24, 2.45) is 0 Å². The van der Waals surface area contributed by atoms with Crippen LogP contribution in [0, 0.1) is 0 Å². The van der Waals surface area contributed by atoms with E-state index in [0.717, 1.165) is 32.0 Å². The summed E-state index contributed by atoms with van der Waals surface area (Å²) in [5.74, 6) is -0.0147. The number of halogens is 3. The van der Waals surface area contributed by atoms with Crippen LogP contribution in [0.3, 0.4) is 0 Å². The van der Waals surface area contributed by atoms with Crippen LogP contribution in [0.25, 0.3) is 16.8 Å². The van der Waals surface area contributed by atoms with Crippen molar-refractivity contribution < 1.29 is 18.3 Å². The highest BCUT2D eigenvalue weighted by Gasteiger charge is 2.36. The second-order valence-electron chi connectivity index (χ2n) is 7.87. The number of phenolic OH excluding ortho intramolecular Hbond substituents is 1. The molecule has 2 aliphatic heterocycles. The molecule has 2 atom stereocenters. The summed E-state index contributed by atoms with van der Waals surface area (Å²) in [6, 6.07) is 5.24. The fraction of sp³-hybridized carbons (Fsp3) is 0.450. The number of fused-ring (bicyclic) bond motifs is 2. The van der Waals surface area contributed by atoms with E-state index in [1.807, 2.05) is 0 Å². The minimum Gasteiger partial charge on any atom is -0.507 e. The van der Waals surface area contributed by atoms with Gasteiger partial charge in [0.1, 0.15) is 11.4 Å². The van der Waals surface area contributed by atoms with E-state index in [2.05, 4.69) is 25.5 Å². The van der Waals surface area contributed by atoms with Crippen LogP contribution in [0.15, 0.2) is 30.5 Å². The molecule has 5 rings (SSSR count). The molecule has 0 bridgehead atoms. The molecule has 2 unspecified atom stereocenters. The predicted molar refractivity (Wildman–Crippen MR) is 104 cm³/mol. The van der Waals surface area contributed by atoms with Crippen LogP contribution in [0.1, 0.15) is 31.2 Å². The first-order valence-corrected chi connectivity index (χ1v) is 10.0. The van der Waals surface area contributed by atoms with Crippen LogP contribution in [0.5, 0.6) is 5.75 Å². The number of hydrogen-bond acceptors (Lipinski definition) is 6. The molecule has 2 aliphatic rings. The Morgan fingerprint density at radius 1 is 1.07 bits per heavy atom. The standard InChI is InChI=1S/C20H21F3N6O/c21-20(22,23)12-4-5-13(17(30)11-12)18-16-6-8-24-29(16)19(27-26-18)25-14-7-10-28-9-2-1-3-15(14)28/h4-6,8,11,14-15,30H,1-3,7,9-10H2,(H,25,27). The number of phenols is 1. The van der Waals surface area contributed by atoms with Crippen molar-refractivity contribution in [3.8, 4) is 17.0 Å². The molecule has 30 heavy (non-hydrogen) atoms. The Morgan fingerprint density at radius 2 is 1.93 bits per heavy atom. The quantitative estimate of drug-likeness (QED) is 0.677. The first-order valence-electron chi connectivity index (χ1n) is 10.0. The summed E-state index contributed by atoms with van der Waals surface area (Å²) in [6.07, 6.45) is 1.65. The second kappa shape index (κ2) is 7.12. The fourth-order valence-corrected chi connectivity index (χ4v) is 4.61. The van der Waals surface area contributed by atoms with Crippen LogP contribution in [0.2, 0.25) is 0 Å². The molecule has 3 aromatic rings. The van der Waals surface area contributed by atoms with Gasteiger partial charge in [0.2, 0.25) is 5.95 Å². The number of aromatic nitrogens is 4. The van der Waals surface area contributed by atoms with E-state index in [1.54, 1.807) is 16.8 Å². The number of anilines is 1. The lowest BCUT2D eigenvalue weighted by Gasteiger charge is -2.32. The van der Waals surface area contributed by atoms with E-state index >= 15 is 0 Å². The van der Waals surface area contributed by atoms with Crippen molar-refractivity contribution in [3.05, 3.63) is 36.0 Å². The molecule has 0 radical (unpaired) electrons. The lowest BCUT2D eigenvalue weighted by Crippen LogP contribution is -2.42. The number of piperidine rings is 1. The molecule has 7 nitrogen and oxygen atoms in total. The van der Waals surface area contributed by atoms with Crippen molar-refractivity contribution in [1.29, 1.82) is 0 Å². The number of aromatic hydroxyl groups is 1. The SMILES string of the molecule is Oc1cc(C(F)(F)F)ccc1-c1nnc(NC2CCN3CCCCC23)n2nccc12. The summed E-state index contributed by atoms with van der Waals surface area (Å²) in [6.45, 7) is 2.17. The van der Waals surface area contributed by atoms with Crippen molar-refractivity contribution in [2.45, 2.75) is 43.9 Å². The van der Waals surface area contributed by atoms with Gasteiger partial charge in [-0.2, -0.15) is 22.8 Å². The zero-order valence-corrected chi connectivity index (χ0v) is 16.1. The first kappa shape index (κ1) is 19.1. The van der Waals surface area contributed by atoms with Gasteiger partial charge >= 0.3 is 6.18 Å². The monoisotopic (exact) mass is 418 g/mol. The lowest BCUT2D eigenvalue weighted by atomic mass is 9.99. The molecule has 2 aromatic heterocycles. The van der Waals surface area contributed by atoms with Gasteiger partial charge in [0.05, 0.1) is 17.3 Å². The van der Waals surface area contributed by atoms with E-state index in [0.29, 0.717) is 23.6 Å². The average molecular weight is 418 g/mol. The maximum atomic E-state index is 12.9. The third-order valence-electron chi connectivity index (χ3n) is 6.08. The number of rotatable bonds is 3. The highest BCUT2D eigenvalue weighted by molar-refractivity contribution is 5.80. The van der Waals surface area contributed by atoms with Gasteiger partial charge in [-0.1, -0.05) is 6.42 Å². The van der Waals surface area contributed by atoms with Crippen LogP contribution in [-0.2, 0) is 6.18 Å². The van der Waals surface area contributed by atoms with Gasteiger partial charge in [-0.3, -0.25) is 4.90 Å². The number of benzene rings is 1. The van der Waals surface area contributed by atoms with E-state index in [-0.39, 0.29) is 17.3 Å². The smallest absolute Gasteiger partial charge is 0.416 e.